The van der Waals surface area contributed by atoms with Crippen molar-refractivity contribution >= 4 is 28.4 Å². The molecule has 0 N–H and O–H groups in total. The zero-order valence-electron chi connectivity index (χ0n) is 17.2. The molecule has 0 radical (unpaired) electrons. The van der Waals surface area contributed by atoms with Gasteiger partial charge in [-0.25, -0.2) is 0 Å². The molecule has 3 heterocycles. The highest BCUT2D eigenvalue weighted by Gasteiger charge is 2.25. The van der Waals surface area contributed by atoms with Crippen LogP contribution in [0.4, 0.5) is 5.69 Å². The Morgan fingerprint density at radius 2 is 1.97 bits per heavy atom. The van der Waals surface area contributed by atoms with E-state index in [1.807, 2.05) is 0 Å². The van der Waals surface area contributed by atoms with Crippen LogP contribution >= 0.6 is 22.7 Å². The summed E-state index contributed by atoms with van der Waals surface area (Å²) in [5.74, 6) is 0.340. The van der Waals surface area contributed by atoms with E-state index in [2.05, 4.69) is 39.2 Å². The molecular formula is C23H26N2O4S2. The van der Waals surface area contributed by atoms with Crippen LogP contribution in [0.25, 0.3) is 0 Å². The smallest absolute Gasteiger partial charge is 0.310 e. The highest BCUT2D eigenvalue weighted by atomic mass is 32.1. The lowest BCUT2D eigenvalue weighted by Gasteiger charge is -2.33. The summed E-state index contributed by atoms with van der Waals surface area (Å²) < 4.78 is 12.2. The largest absolute Gasteiger partial charge is 0.487 e. The minimum Gasteiger partial charge on any atom is -0.487 e. The average Bonchev–Trinajstić information content (AvgIpc) is 3.51. The first-order valence-electron chi connectivity index (χ1n) is 10.5. The van der Waals surface area contributed by atoms with Gasteiger partial charge in [-0.3, -0.25) is 10.1 Å². The molecule has 0 spiro atoms. The average molecular weight is 459 g/mol. The third-order valence-electron chi connectivity index (χ3n) is 5.45. The van der Waals surface area contributed by atoms with Crippen LogP contribution in [0.3, 0.4) is 0 Å². The van der Waals surface area contributed by atoms with Crippen molar-refractivity contribution in [1.82, 2.24) is 4.90 Å². The molecule has 3 aromatic rings. The van der Waals surface area contributed by atoms with Gasteiger partial charge in [0.05, 0.1) is 17.6 Å². The molecule has 0 saturated carbocycles. The number of thiophene rings is 2. The molecule has 1 fully saturated rings. The lowest BCUT2D eigenvalue weighted by molar-refractivity contribution is -0.385. The molecule has 0 bridgehead atoms. The van der Waals surface area contributed by atoms with Crippen LogP contribution < -0.4 is 4.74 Å². The van der Waals surface area contributed by atoms with E-state index in [1.165, 1.54) is 16.5 Å². The fourth-order valence-electron chi connectivity index (χ4n) is 3.84. The predicted octanol–water partition coefficient (Wildman–Crippen LogP) is 5.76. The zero-order valence-corrected chi connectivity index (χ0v) is 18.9. The summed E-state index contributed by atoms with van der Waals surface area (Å²) in [6.07, 6.45) is 3.14. The molecule has 1 aromatic carbocycles. The number of hydrogen-bond donors (Lipinski definition) is 0. The lowest BCUT2D eigenvalue weighted by atomic mass is 10.1. The topological polar surface area (TPSA) is 64.8 Å². The minimum atomic E-state index is -0.403. The third kappa shape index (κ3) is 5.92. The fraction of sp³-hybridized carbons (Fsp3) is 0.391. The monoisotopic (exact) mass is 458 g/mol. The van der Waals surface area contributed by atoms with E-state index in [-0.39, 0.29) is 17.9 Å². The van der Waals surface area contributed by atoms with E-state index in [1.54, 1.807) is 40.9 Å². The maximum absolute atomic E-state index is 11.1. The highest BCUT2D eigenvalue weighted by Crippen LogP contribution is 2.33. The number of nitro groups is 1. The van der Waals surface area contributed by atoms with Gasteiger partial charge in [0, 0.05) is 30.6 Å². The van der Waals surface area contributed by atoms with Gasteiger partial charge in [0.2, 0.25) is 0 Å². The maximum atomic E-state index is 11.1. The van der Waals surface area contributed by atoms with Gasteiger partial charge in [-0.15, -0.1) is 11.3 Å². The van der Waals surface area contributed by atoms with Gasteiger partial charge in [-0.2, -0.15) is 11.3 Å². The molecule has 164 valence electrons. The van der Waals surface area contributed by atoms with Gasteiger partial charge in [-0.1, -0.05) is 18.2 Å². The van der Waals surface area contributed by atoms with Crippen molar-refractivity contribution in [2.24, 2.45) is 0 Å². The fourth-order valence-corrected chi connectivity index (χ4v) is 5.30. The van der Waals surface area contributed by atoms with Crippen molar-refractivity contribution in [3.8, 4) is 5.75 Å². The van der Waals surface area contributed by atoms with Crippen LogP contribution in [0.1, 0.15) is 35.8 Å². The number of hydrogen-bond acceptors (Lipinski definition) is 7. The number of piperidine rings is 1. The van der Waals surface area contributed by atoms with Crippen LogP contribution in [0.5, 0.6) is 5.75 Å². The maximum Gasteiger partial charge on any atom is 0.310 e. The molecular weight excluding hydrogens is 432 g/mol. The Kier molecular flexibility index (Phi) is 7.69. The van der Waals surface area contributed by atoms with Crippen molar-refractivity contribution < 1.29 is 14.4 Å². The van der Waals surface area contributed by atoms with Gasteiger partial charge in [0.25, 0.3) is 0 Å². The SMILES string of the molecule is O=[N+]([O-])c1ccccc1OCCCN1CCC(OC(c2ccsc2)c2cccs2)CC1. The van der Waals surface area contributed by atoms with Crippen molar-refractivity contribution in [3.63, 3.8) is 0 Å². The van der Waals surface area contributed by atoms with Crippen LogP contribution in [-0.2, 0) is 4.74 Å². The molecule has 1 atom stereocenters. The molecule has 4 rings (SSSR count). The molecule has 1 aliphatic rings. The summed E-state index contributed by atoms with van der Waals surface area (Å²) in [5, 5.41) is 17.5. The Balaban J connectivity index is 1.21. The van der Waals surface area contributed by atoms with Crippen molar-refractivity contribution in [2.45, 2.75) is 31.5 Å². The summed E-state index contributed by atoms with van der Waals surface area (Å²) in [6, 6.07) is 12.9. The lowest BCUT2D eigenvalue weighted by Crippen LogP contribution is -2.38. The Labute approximate surface area is 190 Å². The minimum absolute atomic E-state index is 0.0198. The van der Waals surface area contributed by atoms with E-state index in [9.17, 15) is 10.1 Å². The number of likely N-dealkylation sites (tertiary alicyclic amines) is 1. The molecule has 1 saturated heterocycles. The first-order valence-corrected chi connectivity index (χ1v) is 12.3. The van der Waals surface area contributed by atoms with Crippen LogP contribution in [0.15, 0.2) is 58.6 Å². The normalized spacial score (nSPS) is 16.3. The van der Waals surface area contributed by atoms with Crippen molar-refractivity contribution in [3.05, 3.63) is 79.2 Å². The molecule has 31 heavy (non-hydrogen) atoms. The summed E-state index contributed by atoms with van der Waals surface area (Å²) in [4.78, 5) is 14.3. The Morgan fingerprint density at radius 1 is 1.13 bits per heavy atom. The number of nitro benzene ring substituents is 1. The zero-order chi connectivity index (χ0) is 21.5. The van der Waals surface area contributed by atoms with Gasteiger partial charge in [-0.05, 0) is 59.2 Å². The van der Waals surface area contributed by atoms with E-state index in [4.69, 9.17) is 9.47 Å². The van der Waals surface area contributed by atoms with E-state index in [0.717, 1.165) is 38.9 Å². The summed E-state index contributed by atoms with van der Waals surface area (Å²) in [5.41, 5.74) is 1.26. The van der Waals surface area contributed by atoms with Gasteiger partial charge >= 0.3 is 5.69 Å². The number of nitrogens with zero attached hydrogens (tertiary/aromatic N) is 2. The van der Waals surface area contributed by atoms with Crippen LogP contribution in [0, 0.1) is 10.1 Å². The number of rotatable bonds is 10. The van der Waals surface area contributed by atoms with Crippen molar-refractivity contribution in [1.29, 1.82) is 0 Å². The molecule has 0 amide bonds. The van der Waals surface area contributed by atoms with E-state index < -0.39 is 4.92 Å². The van der Waals surface area contributed by atoms with Gasteiger partial charge in [0.15, 0.2) is 5.75 Å². The predicted molar refractivity (Wildman–Crippen MR) is 124 cm³/mol. The summed E-state index contributed by atoms with van der Waals surface area (Å²) >= 11 is 3.45. The molecule has 1 aliphatic heterocycles. The summed E-state index contributed by atoms with van der Waals surface area (Å²) in [7, 11) is 0. The molecule has 6 nitrogen and oxygen atoms in total. The van der Waals surface area contributed by atoms with Gasteiger partial charge < -0.3 is 14.4 Å². The molecule has 8 heteroatoms. The molecule has 0 aliphatic carbocycles. The molecule has 1 unspecified atom stereocenters. The second kappa shape index (κ2) is 10.9. The number of ether oxygens (including phenoxy) is 2. The summed E-state index contributed by atoms with van der Waals surface area (Å²) in [6.45, 7) is 3.39. The first kappa shape index (κ1) is 22.0. The number of para-hydroxylation sites is 2. The van der Waals surface area contributed by atoms with Crippen LogP contribution in [0.2, 0.25) is 0 Å². The standard InChI is InChI=1S/C23H26N2O4S2/c26-25(27)20-5-1-2-6-21(20)28-14-4-11-24-12-8-19(9-13-24)29-23(18-10-16-30-17-18)22-7-3-15-31-22/h1-3,5-7,10,15-17,19,23H,4,8-9,11-14H2. The highest BCUT2D eigenvalue weighted by molar-refractivity contribution is 7.10. The second-order valence-electron chi connectivity index (χ2n) is 7.56. The first-order chi connectivity index (χ1) is 15.2. The third-order valence-corrected chi connectivity index (χ3v) is 7.07. The van der Waals surface area contributed by atoms with Crippen molar-refractivity contribution in [2.75, 3.05) is 26.2 Å². The second-order valence-corrected chi connectivity index (χ2v) is 9.32. The molecule has 2 aromatic heterocycles. The van der Waals surface area contributed by atoms with Gasteiger partial charge in [0.1, 0.15) is 6.10 Å². The quantitative estimate of drug-likeness (QED) is 0.220. The Morgan fingerprint density at radius 3 is 2.68 bits per heavy atom. The van der Waals surface area contributed by atoms with E-state index in [0.29, 0.717) is 12.4 Å². The number of benzene rings is 1. The Hall–Kier alpha value is -2.26. The van der Waals surface area contributed by atoms with Crippen LogP contribution in [-0.4, -0.2) is 42.2 Å². The Bertz CT molecular complexity index is 904. The van der Waals surface area contributed by atoms with E-state index >= 15 is 0 Å².